The van der Waals surface area contributed by atoms with Crippen LogP contribution >= 0.6 is 0 Å². The predicted octanol–water partition coefficient (Wildman–Crippen LogP) is 3.73. The second-order valence-corrected chi connectivity index (χ2v) is 6.44. The number of fused-ring (bicyclic) bond motifs is 1. The third-order valence-electron chi connectivity index (χ3n) is 5.14. The summed E-state index contributed by atoms with van der Waals surface area (Å²) in [6.07, 6.45) is 4.22. The second kappa shape index (κ2) is 5.16. The first-order valence-electron chi connectivity index (χ1n) is 7.59. The van der Waals surface area contributed by atoms with E-state index in [-0.39, 0.29) is 6.10 Å². The number of hydrogen-bond donors (Lipinski definition) is 1. The molecule has 1 aliphatic carbocycles. The Labute approximate surface area is 115 Å². The highest BCUT2D eigenvalue weighted by Crippen LogP contribution is 2.40. The summed E-state index contributed by atoms with van der Waals surface area (Å²) in [5, 5.41) is 10.6. The molecule has 0 radical (unpaired) electrons. The Morgan fingerprint density at radius 3 is 2.84 bits per heavy atom. The molecule has 1 heterocycles. The summed E-state index contributed by atoms with van der Waals surface area (Å²) in [5.41, 5.74) is 2.34. The summed E-state index contributed by atoms with van der Waals surface area (Å²) in [6.45, 7) is 5.44. The second-order valence-electron chi connectivity index (χ2n) is 6.44. The Balaban J connectivity index is 1.75. The van der Waals surface area contributed by atoms with E-state index < -0.39 is 0 Å². The van der Waals surface area contributed by atoms with Crippen LogP contribution in [0.3, 0.4) is 0 Å². The Morgan fingerprint density at radius 1 is 1.21 bits per heavy atom. The quantitative estimate of drug-likeness (QED) is 0.878. The van der Waals surface area contributed by atoms with Crippen LogP contribution in [0.15, 0.2) is 18.2 Å². The minimum atomic E-state index is -0.305. The number of aliphatic hydroxyl groups excluding tert-OH is 1. The van der Waals surface area contributed by atoms with E-state index in [1.165, 1.54) is 12.0 Å². The zero-order valence-electron chi connectivity index (χ0n) is 11.9. The Kier molecular flexibility index (Phi) is 3.53. The molecule has 1 fully saturated rings. The van der Waals surface area contributed by atoms with Gasteiger partial charge in [-0.3, -0.25) is 0 Å². The molecule has 0 amide bonds. The summed E-state index contributed by atoms with van der Waals surface area (Å²) >= 11 is 0. The molecule has 4 atom stereocenters. The number of rotatable bonds is 2. The highest BCUT2D eigenvalue weighted by molar-refractivity contribution is 5.40. The predicted molar refractivity (Wildman–Crippen MR) is 76.3 cm³/mol. The van der Waals surface area contributed by atoms with Gasteiger partial charge in [-0.25, -0.2) is 0 Å². The first-order chi connectivity index (χ1) is 9.15. The minimum Gasteiger partial charge on any atom is -0.493 e. The van der Waals surface area contributed by atoms with Crippen LogP contribution in [0.4, 0.5) is 0 Å². The van der Waals surface area contributed by atoms with Crippen molar-refractivity contribution in [3.63, 3.8) is 0 Å². The number of ether oxygens (including phenoxy) is 1. The smallest absolute Gasteiger partial charge is 0.122 e. The van der Waals surface area contributed by atoms with Crippen LogP contribution in [-0.2, 0) is 6.42 Å². The van der Waals surface area contributed by atoms with Gasteiger partial charge in [-0.15, -0.1) is 0 Å². The summed E-state index contributed by atoms with van der Waals surface area (Å²) in [6, 6.07) is 6.21. The fraction of sp³-hybridized carbons (Fsp3) is 0.647. The molecule has 2 nitrogen and oxygen atoms in total. The Hall–Kier alpha value is -1.02. The third kappa shape index (κ3) is 2.51. The third-order valence-corrected chi connectivity index (χ3v) is 5.14. The topological polar surface area (TPSA) is 29.5 Å². The summed E-state index contributed by atoms with van der Waals surface area (Å²) in [5.74, 6) is 2.95. The van der Waals surface area contributed by atoms with Crippen molar-refractivity contribution in [3.8, 4) is 5.75 Å². The van der Waals surface area contributed by atoms with Crippen molar-refractivity contribution in [1.82, 2.24) is 0 Å². The Morgan fingerprint density at radius 2 is 2.05 bits per heavy atom. The van der Waals surface area contributed by atoms with Gasteiger partial charge in [0.2, 0.25) is 0 Å². The maximum absolute atomic E-state index is 10.6. The van der Waals surface area contributed by atoms with Crippen LogP contribution in [0.5, 0.6) is 5.75 Å². The van der Waals surface area contributed by atoms with Crippen LogP contribution in [0.1, 0.15) is 50.3 Å². The highest BCUT2D eigenvalue weighted by atomic mass is 16.5. The van der Waals surface area contributed by atoms with Crippen molar-refractivity contribution in [3.05, 3.63) is 29.3 Å². The van der Waals surface area contributed by atoms with Crippen LogP contribution in [0.2, 0.25) is 0 Å². The molecule has 0 bridgehead atoms. The van der Waals surface area contributed by atoms with Crippen LogP contribution in [0, 0.1) is 17.8 Å². The summed E-state index contributed by atoms with van der Waals surface area (Å²) < 4.78 is 5.53. The molecule has 19 heavy (non-hydrogen) atoms. The first-order valence-corrected chi connectivity index (χ1v) is 7.59. The number of benzene rings is 1. The van der Waals surface area contributed by atoms with Gasteiger partial charge in [-0.1, -0.05) is 26.3 Å². The van der Waals surface area contributed by atoms with Gasteiger partial charge in [0.15, 0.2) is 0 Å². The van der Waals surface area contributed by atoms with Crippen molar-refractivity contribution < 1.29 is 9.84 Å². The van der Waals surface area contributed by atoms with E-state index in [9.17, 15) is 5.11 Å². The van der Waals surface area contributed by atoms with Gasteiger partial charge in [0.1, 0.15) is 5.75 Å². The van der Waals surface area contributed by atoms with Gasteiger partial charge in [0.25, 0.3) is 0 Å². The van der Waals surface area contributed by atoms with E-state index in [0.29, 0.717) is 5.92 Å². The molecule has 0 spiro atoms. The van der Waals surface area contributed by atoms with E-state index >= 15 is 0 Å². The average molecular weight is 260 g/mol. The summed E-state index contributed by atoms with van der Waals surface area (Å²) in [4.78, 5) is 0. The van der Waals surface area contributed by atoms with E-state index in [2.05, 4.69) is 19.9 Å². The van der Waals surface area contributed by atoms with Crippen LogP contribution in [-0.4, -0.2) is 11.7 Å². The van der Waals surface area contributed by atoms with E-state index in [0.717, 1.165) is 49.0 Å². The van der Waals surface area contributed by atoms with E-state index in [4.69, 9.17) is 4.74 Å². The highest BCUT2D eigenvalue weighted by Gasteiger charge is 2.30. The molecule has 1 aliphatic heterocycles. The largest absolute Gasteiger partial charge is 0.493 e. The van der Waals surface area contributed by atoms with Gasteiger partial charge >= 0.3 is 0 Å². The maximum Gasteiger partial charge on any atom is 0.122 e. The monoisotopic (exact) mass is 260 g/mol. The molecular formula is C17H24O2. The molecule has 0 saturated heterocycles. The zero-order valence-corrected chi connectivity index (χ0v) is 11.9. The normalized spacial score (nSPS) is 31.6. The minimum absolute atomic E-state index is 0.305. The van der Waals surface area contributed by atoms with Crippen molar-refractivity contribution in [2.24, 2.45) is 17.8 Å². The zero-order chi connectivity index (χ0) is 13.4. The average Bonchev–Trinajstić information content (AvgIpc) is 2.88. The van der Waals surface area contributed by atoms with Gasteiger partial charge < -0.3 is 9.84 Å². The first kappa shape index (κ1) is 13.0. The molecule has 1 aromatic rings. The molecule has 2 aliphatic rings. The standard InChI is InChI=1S/C17H24O2/c1-11-3-4-14(9-12(11)2)17(18)15-5-6-16-13(10-15)7-8-19-16/h5-6,10-12,14,17-18H,3-4,7-9H2,1-2H3. The maximum atomic E-state index is 10.6. The lowest BCUT2D eigenvalue weighted by Crippen LogP contribution is -2.25. The molecule has 2 heteroatoms. The molecule has 1 saturated carbocycles. The fourth-order valence-electron chi connectivity index (χ4n) is 3.54. The number of hydrogen-bond acceptors (Lipinski definition) is 2. The van der Waals surface area contributed by atoms with Crippen molar-refractivity contribution in [1.29, 1.82) is 0 Å². The SMILES string of the molecule is CC1CCC(C(O)c2ccc3c(c2)CCO3)CC1C. The van der Waals surface area contributed by atoms with Crippen LogP contribution in [0.25, 0.3) is 0 Å². The van der Waals surface area contributed by atoms with Gasteiger partial charge in [-0.2, -0.15) is 0 Å². The fourth-order valence-corrected chi connectivity index (χ4v) is 3.54. The van der Waals surface area contributed by atoms with Gasteiger partial charge in [0, 0.05) is 6.42 Å². The summed E-state index contributed by atoms with van der Waals surface area (Å²) in [7, 11) is 0. The van der Waals surface area contributed by atoms with Crippen molar-refractivity contribution in [2.75, 3.05) is 6.61 Å². The van der Waals surface area contributed by atoms with E-state index in [1.807, 2.05) is 12.1 Å². The van der Waals surface area contributed by atoms with E-state index in [1.54, 1.807) is 0 Å². The van der Waals surface area contributed by atoms with Gasteiger partial charge in [-0.05, 0) is 53.9 Å². The van der Waals surface area contributed by atoms with Gasteiger partial charge in [0.05, 0.1) is 12.7 Å². The van der Waals surface area contributed by atoms with Crippen molar-refractivity contribution >= 4 is 0 Å². The molecule has 4 unspecified atom stereocenters. The lowest BCUT2D eigenvalue weighted by molar-refractivity contribution is 0.0560. The molecule has 1 N–H and O–H groups in total. The Bertz CT molecular complexity index is 455. The van der Waals surface area contributed by atoms with Crippen LogP contribution < -0.4 is 4.74 Å². The molecule has 3 rings (SSSR count). The lowest BCUT2D eigenvalue weighted by Gasteiger charge is -2.34. The molecule has 0 aromatic heterocycles. The molecular weight excluding hydrogens is 236 g/mol. The van der Waals surface area contributed by atoms with Crippen molar-refractivity contribution in [2.45, 2.75) is 45.6 Å². The lowest BCUT2D eigenvalue weighted by atomic mass is 9.73. The number of aliphatic hydroxyl groups is 1. The molecule has 1 aromatic carbocycles. The molecule has 104 valence electrons.